The van der Waals surface area contributed by atoms with Gasteiger partial charge < -0.3 is 5.11 Å². The number of hydrogen-bond acceptors (Lipinski definition) is 2. The molecule has 0 fully saturated rings. The average molecular weight is 221 g/mol. The molecule has 2 nitrogen and oxygen atoms in total. The molecule has 1 N–H and O–H groups in total. The third-order valence-corrected chi connectivity index (χ3v) is 2.79. The van der Waals surface area contributed by atoms with Crippen molar-refractivity contribution in [3.05, 3.63) is 29.3 Å². The van der Waals surface area contributed by atoms with Gasteiger partial charge in [-0.2, -0.15) is 0 Å². The molecule has 0 saturated heterocycles. The molecule has 0 heterocycles. The lowest BCUT2D eigenvalue weighted by Crippen LogP contribution is -2.27. The number of rotatable bonds is 5. The summed E-state index contributed by atoms with van der Waals surface area (Å²) in [5, 5.41) is 9.95. The van der Waals surface area contributed by atoms with E-state index in [2.05, 4.69) is 25.7 Å². The van der Waals surface area contributed by atoms with Gasteiger partial charge in [0, 0.05) is 18.7 Å². The summed E-state index contributed by atoms with van der Waals surface area (Å²) in [4.78, 5) is 2.36. The molecule has 1 rings (SSSR count). The van der Waals surface area contributed by atoms with Crippen LogP contribution in [0, 0.1) is 12.8 Å². The summed E-state index contributed by atoms with van der Waals surface area (Å²) in [5.74, 6) is 1.11. The Kier molecular flexibility index (Phi) is 4.81. The van der Waals surface area contributed by atoms with Crippen molar-refractivity contribution in [3.8, 4) is 5.75 Å². The van der Waals surface area contributed by atoms with Crippen molar-refractivity contribution in [1.82, 2.24) is 4.90 Å². The van der Waals surface area contributed by atoms with Crippen molar-refractivity contribution in [2.45, 2.75) is 34.2 Å². The molecule has 0 aromatic heterocycles. The summed E-state index contributed by atoms with van der Waals surface area (Å²) in [5.41, 5.74) is 1.99. The van der Waals surface area contributed by atoms with Crippen molar-refractivity contribution >= 4 is 0 Å². The Morgan fingerprint density at radius 2 is 2.00 bits per heavy atom. The Balaban J connectivity index is 2.74. The molecule has 0 amide bonds. The number of para-hydroxylation sites is 1. The molecule has 0 bridgehead atoms. The smallest absolute Gasteiger partial charge is 0.122 e. The van der Waals surface area contributed by atoms with Crippen molar-refractivity contribution < 1.29 is 5.11 Å². The summed E-state index contributed by atoms with van der Waals surface area (Å²) in [6, 6.07) is 5.95. The van der Waals surface area contributed by atoms with E-state index in [1.165, 1.54) is 0 Å². The molecule has 90 valence electrons. The van der Waals surface area contributed by atoms with Gasteiger partial charge in [0.15, 0.2) is 0 Å². The summed E-state index contributed by atoms with van der Waals surface area (Å²) in [6.07, 6.45) is 0. The topological polar surface area (TPSA) is 23.5 Å². The molecule has 0 radical (unpaired) electrons. The quantitative estimate of drug-likeness (QED) is 0.825. The molecule has 0 saturated carbocycles. The lowest BCUT2D eigenvalue weighted by atomic mass is 10.1. The van der Waals surface area contributed by atoms with E-state index in [9.17, 15) is 5.11 Å². The summed E-state index contributed by atoms with van der Waals surface area (Å²) in [7, 11) is 0. The van der Waals surface area contributed by atoms with Crippen LogP contribution in [0.25, 0.3) is 0 Å². The van der Waals surface area contributed by atoms with E-state index in [0.717, 1.165) is 30.8 Å². The number of phenols is 1. The molecule has 0 aliphatic rings. The Morgan fingerprint density at radius 3 is 2.56 bits per heavy atom. The van der Waals surface area contributed by atoms with Gasteiger partial charge in [0.25, 0.3) is 0 Å². The second-order valence-corrected chi connectivity index (χ2v) is 4.80. The average Bonchev–Trinajstić information content (AvgIpc) is 2.23. The molecular weight excluding hydrogens is 198 g/mol. The monoisotopic (exact) mass is 221 g/mol. The van der Waals surface area contributed by atoms with Crippen LogP contribution >= 0.6 is 0 Å². The first kappa shape index (κ1) is 13.0. The standard InChI is InChI=1S/C14H23NO/c1-5-15(9-11(2)3)10-13-8-6-7-12(4)14(13)16/h6-8,11,16H,5,9-10H2,1-4H3. The molecular formula is C14H23NO. The van der Waals surface area contributed by atoms with Crippen LogP contribution in [-0.2, 0) is 6.54 Å². The Morgan fingerprint density at radius 1 is 1.31 bits per heavy atom. The van der Waals surface area contributed by atoms with E-state index in [-0.39, 0.29) is 0 Å². The van der Waals surface area contributed by atoms with Crippen LogP contribution < -0.4 is 0 Å². The lowest BCUT2D eigenvalue weighted by Gasteiger charge is -2.23. The molecule has 1 aromatic carbocycles. The van der Waals surface area contributed by atoms with Crippen molar-refractivity contribution in [3.63, 3.8) is 0 Å². The third-order valence-electron chi connectivity index (χ3n) is 2.79. The highest BCUT2D eigenvalue weighted by atomic mass is 16.3. The van der Waals surface area contributed by atoms with E-state index >= 15 is 0 Å². The Hall–Kier alpha value is -1.02. The van der Waals surface area contributed by atoms with Crippen molar-refractivity contribution in [2.75, 3.05) is 13.1 Å². The first-order chi connectivity index (χ1) is 7.54. The number of phenolic OH excluding ortho intramolecular Hbond substituents is 1. The molecule has 1 aromatic rings. The van der Waals surface area contributed by atoms with E-state index < -0.39 is 0 Å². The van der Waals surface area contributed by atoms with Gasteiger partial charge in [0.1, 0.15) is 5.75 Å². The largest absolute Gasteiger partial charge is 0.507 e. The van der Waals surface area contributed by atoms with Gasteiger partial charge in [-0.3, -0.25) is 4.90 Å². The first-order valence-electron chi connectivity index (χ1n) is 6.04. The van der Waals surface area contributed by atoms with Gasteiger partial charge in [-0.05, 0) is 24.9 Å². The van der Waals surface area contributed by atoms with Gasteiger partial charge >= 0.3 is 0 Å². The van der Waals surface area contributed by atoms with E-state index in [1.807, 2.05) is 25.1 Å². The van der Waals surface area contributed by atoms with Crippen molar-refractivity contribution in [2.24, 2.45) is 5.92 Å². The van der Waals surface area contributed by atoms with Gasteiger partial charge in [-0.1, -0.05) is 39.0 Å². The minimum atomic E-state index is 0.449. The zero-order valence-electron chi connectivity index (χ0n) is 10.8. The lowest BCUT2D eigenvalue weighted by molar-refractivity contribution is 0.245. The van der Waals surface area contributed by atoms with Crippen LogP contribution in [0.3, 0.4) is 0 Å². The number of hydrogen-bond donors (Lipinski definition) is 1. The molecule has 16 heavy (non-hydrogen) atoms. The molecule has 0 atom stereocenters. The van der Waals surface area contributed by atoms with E-state index in [1.54, 1.807) is 0 Å². The van der Waals surface area contributed by atoms with Crippen molar-refractivity contribution in [1.29, 1.82) is 0 Å². The fourth-order valence-electron chi connectivity index (χ4n) is 1.91. The number of aryl methyl sites for hydroxylation is 1. The first-order valence-corrected chi connectivity index (χ1v) is 6.04. The fraction of sp³-hybridized carbons (Fsp3) is 0.571. The Labute approximate surface area is 98.9 Å². The second-order valence-electron chi connectivity index (χ2n) is 4.80. The number of benzene rings is 1. The maximum atomic E-state index is 9.95. The van der Waals surface area contributed by atoms with Crippen LogP contribution in [0.4, 0.5) is 0 Å². The minimum Gasteiger partial charge on any atom is -0.507 e. The predicted octanol–water partition coefficient (Wildman–Crippen LogP) is 3.18. The highest BCUT2D eigenvalue weighted by Gasteiger charge is 2.09. The number of aromatic hydroxyl groups is 1. The minimum absolute atomic E-state index is 0.449. The highest BCUT2D eigenvalue weighted by Crippen LogP contribution is 2.22. The van der Waals surface area contributed by atoms with Gasteiger partial charge in [-0.25, -0.2) is 0 Å². The molecule has 0 unspecified atom stereocenters. The fourth-order valence-corrected chi connectivity index (χ4v) is 1.91. The van der Waals surface area contributed by atoms with E-state index in [0.29, 0.717) is 11.7 Å². The van der Waals surface area contributed by atoms with Gasteiger partial charge in [0.05, 0.1) is 0 Å². The summed E-state index contributed by atoms with van der Waals surface area (Å²) >= 11 is 0. The third kappa shape index (κ3) is 3.53. The van der Waals surface area contributed by atoms with Gasteiger partial charge in [0.2, 0.25) is 0 Å². The van der Waals surface area contributed by atoms with Gasteiger partial charge in [-0.15, -0.1) is 0 Å². The summed E-state index contributed by atoms with van der Waals surface area (Å²) in [6.45, 7) is 11.5. The maximum absolute atomic E-state index is 9.95. The summed E-state index contributed by atoms with van der Waals surface area (Å²) < 4.78 is 0. The molecule has 0 aliphatic heterocycles. The van der Waals surface area contributed by atoms with E-state index in [4.69, 9.17) is 0 Å². The zero-order chi connectivity index (χ0) is 12.1. The molecule has 2 heteroatoms. The predicted molar refractivity (Wildman–Crippen MR) is 68.6 cm³/mol. The zero-order valence-corrected chi connectivity index (χ0v) is 10.8. The molecule has 0 aliphatic carbocycles. The maximum Gasteiger partial charge on any atom is 0.122 e. The van der Waals surface area contributed by atoms with Crippen LogP contribution in [0.15, 0.2) is 18.2 Å². The van der Waals surface area contributed by atoms with Crippen LogP contribution in [0.2, 0.25) is 0 Å². The normalized spacial score (nSPS) is 11.4. The highest BCUT2D eigenvalue weighted by molar-refractivity contribution is 5.39. The number of nitrogens with zero attached hydrogens (tertiary/aromatic N) is 1. The SMILES string of the molecule is CCN(Cc1cccc(C)c1O)CC(C)C. The van der Waals surface area contributed by atoms with Crippen LogP contribution in [0.1, 0.15) is 31.9 Å². The van der Waals surface area contributed by atoms with Crippen LogP contribution in [-0.4, -0.2) is 23.1 Å². The van der Waals surface area contributed by atoms with Crippen LogP contribution in [0.5, 0.6) is 5.75 Å². The molecule has 0 spiro atoms. The second kappa shape index (κ2) is 5.90. The Bertz CT molecular complexity index is 334.